The van der Waals surface area contributed by atoms with Crippen molar-refractivity contribution in [1.82, 2.24) is 5.32 Å². The number of nitrogens with one attached hydrogen (secondary N) is 1. The first-order chi connectivity index (χ1) is 8.49. The molecule has 100 valence electrons. The van der Waals surface area contributed by atoms with Crippen LogP contribution in [-0.4, -0.2) is 17.7 Å². The molecule has 2 heteroatoms. The zero-order chi connectivity index (χ0) is 13.1. The normalized spacial score (nSPS) is 18.2. The van der Waals surface area contributed by atoms with Gasteiger partial charge in [-0.1, -0.05) is 18.2 Å². The van der Waals surface area contributed by atoms with Gasteiger partial charge in [-0.3, -0.25) is 0 Å². The molecule has 1 N–H and O–H groups in total. The minimum absolute atomic E-state index is 0.0829. The number of hydrogen-bond acceptors (Lipinski definition) is 2. The van der Waals surface area contributed by atoms with E-state index in [0.29, 0.717) is 0 Å². The number of para-hydroxylation sites is 1. The van der Waals surface area contributed by atoms with Crippen LogP contribution in [0.15, 0.2) is 30.3 Å². The highest BCUT2D eigenvalue weighted by atomic mass is 16.5. The summed E-state index contributed by atoms with van der Waals surface area (Å²) in [7, 11) is 0. The smallest absolute Gasteiger partial charge is 0.120 e. The Bertz CT molecular complexity index is 362. The van der Waals surface area contributed by atoms with E-state index in [4.69, 9.17) is 4.74 Å². The van der Waals surface area contributed by atoms with E-state index in [0.717, 1.165) is 18.7 Å². The van der Waals surface area contributed by atoms with Gasteiger partial charge < -0.3 is 10.1 Å². The van der Waals surface area contributed by atoms with Crippen molar-refractivity contribution < 1.29 is 4.74 Å². The van der Waals surface area contributed by atoms with Crippen molar-refractivity contribution in [3.8, 4) is 5.75 Å². The summed E-state index contributed by atoms with van der Waals surface area (Å²) in [6.45, 7) is 7.64. The molecule has 1 fully saturated rings. The third-order valence-corrected chi connectivity index (χ3v) is 3.58. The lowest BCUT2D eigenvalue weighted by Gasteiger charge is -2.42. The van der Waals surface area contributed by atoms with Crippen LogP contribution < -0.4 is 10.1 Å². The summed E-state index contributed by atoms with van der Waals surface area (Å²) in [5.41, 5.74) is 0.275. The zero-order valence-corrected chi connectivity index (χ0v) is 11.8. The molecule has 0 aromatic heterocycles. The number of ether oxygens (including phenoxy) is 1. The fraction of sp³-hybridized carbons (Fsp3) is 0.625. The lowest BCUT2D eigenvalue weighted by molar-refractivity contribution is -0.0152. The average molecular weight is 247 g/mol. The maximum absolute atomic E-state index is 6.21. The molecule has 0 unspecified atom stereocenters. The standard InChI is InChI=1S/C16H25NO/c1-15(2,3)17-13-12-16(10-7-11-16)18-14-8-5-4-6-9-14/h4-6,8-9,17H,7,10-13H2,1-3H3. The molecule has 1 aliphatic rings. The molecule has 0 radical (unpaired) electrons. The summed E-state index contributed by atoms with van der Waals surface area (Å²) in [6.07, 6.45) is 4.77. The fourth-order valence-corrected chi connectivity index (χ4v) is 2.38. The topological polar surface area (TPSA) is 21.3 Å². The Labute approximate surface area is 111 Å². The average Bonchev–Trinajstić information content (AvgIpc) is 2.25. The Balaban J connectivity index is 1.87. The van der Waals surface area contributed by atoms with Gasteiger partial charge in [0.1, 0.15) is 11.4 Å². The highest BCUT2D eigenvalue weighted by Gasteiger charge is 2.38. The molecule has 1 aliphatic carbocycles. The van der Waals surface area contributed by atoms with Crippen LogP contribution in [0.5, 0.6) is 5.75 Å². The maximum atomic E-state index is 6.21. The molecule has 18 heavy (non-hydrogen) atoms. The molecule has 0 amide bonds. The summed E-state index contributed by atoms with van der Waals surface area (Å²) in [6, 6.07) is 10.2. The van der Waals surface area contributed by atoms with Crippen molar-refractivity contribution in [3.63, 3.8) is 0 Å². The zero-order valence-electron chi connectivity index (χ0n) is 11.8. The van der Waals surface area contributed by atoms with Crippen LogP contribution in [0.1, 0.15) is 46.5 Å². The molecule has 0 spiro atoms. The van der Waals surface area contributed by atoms with Gasteiger partial charge in [0.15, 0.2) is 0 Å². The Hall–Kier alpha value is -1.02. The summed E-state index contributed by atoms with van der Waals surface area (Å²) >= 11 is 0. The predicted octanol–water partition coefficient (Wildman–Crippen LogP) is 3.77. The van der Waals surface area contributed by atoms with E-state index in [1.165, 1.54) is 19.3 Å². The Morgan fingerprint density at radius 2 is 1.83 bits per heavy atom. The van der Waals surface area contributed by atoms with Crippen molar-refractivity contribution in [2.45, 2.75) is 57.6 Å². The second kappa shape index (κ2) is 5.31. The van der Waals surface area contributed by atoms with Crippen LogP contribution in [0.4, 0.5) is 0 Å². The van der Waals surface area contributed by atoms with Crippen LogP contribution in [0.2, 0.25) is 0 Å². The maximum Gasteiger partial charge on any atom is 0.120 e. The summed E-state index contributed by atoms with van der Waals surface area (Å²) < 4.78 is 6.21. The molecular weight excluding hydrogens is 222 g/mol. The quantitative estimate of drug-likeness (QED) is 0.855. The molecule has 0 heterocycles. The molecule has 1 aromatic rings. The number of hydrogen-bond donors (Lipinski definition) is 1. The van der Waals surface area contributed by atoms with Gasteiger partial charge in [0.2, 0.25) is 0 Å². The Morgan fingerprint density at radius 1 is 1.17 bits per heavy atom. The summed E-state index contributed by atoms with van der Waals surface area (Å²) in [4.78, 5) is 0. The molecule has 2 nitrogen and oxygen atoms in total. The Morgan fingerprint density at radius 3 is 2.33 bits per heavy atom. The Kier molecular flexibility index (Phi) is 3.96. The third-order valence-electron chi connectivity index (χ3n) is 3.58. The summed E-state index contributed by atoms with van der Waals surface area (Å²) in [5, 5.41) is 3.55. The fourth-order valence-electron chi connectivity index (χ4n) is 2.38. The highest BCUT2D eigenvalue weighted by Crippen LogP contribution is 2.39. The van der Waals surface area contributed by atoms with Crippen LogP contribution in [-0.2, 0) is 0 Å². The molecule has 1 saturated carbocycles. The second-order valence-corrected chi connectivity index (χ2v) is 6.38. The molecule has 0 bridgehead atoms. The van der Waals surface area contributed by atoms with E-state index >= 15 is 0 Å². The van der Waals surface area contributed by atoms with Gasteiger partial charge in [-0.15, -0.1) is 0 Å². The first kappa shape index (κ1) is 13.4. The van der Waals surface area contributed by atoms with Crippen LogP contribution in [0.3, 0.4) is 0 Å². The predicted molar refractivity (Wildman–Crippen MR) is 76.0 cm³/mol. The first-order valence-corrected chi connectivity index (χ1v) is 6.98. The van der Waals surface area contributed by atoms with Gasteiger partial charge in [0.25, 0.3) is 0 Å². The van der Waals surface area contributed by atoms with E-state index in [9.17, 15) is 0 Å². The molecule has 0 saturated heterocycles. The van der Waals surface area contributed by atoms with Crippen LogP contribution in [0.25, 0.3) is 0 Å². The van der Waals surface area contributed by atoms with Gasteiger partial charge >= 0.3 is 0 Å². The molecule has 0 atom stereocenters. The van der Waals surface area contributed by atoms with Crippen molar-refractivity contribution in [2.75, 3.05) is 6.54 Å². The minimum atomic E-state index is 0.0829. The lowest BCUT2D eigenvalue weighted by atomic mass is 9.77. The minimum Gasteiger partial charge on any atom is -0.487 e. The molecule has 2 rings (SSSR count). The van der Waals surface area contributed by atoms with Crippen molar-refractivity contribution in [2.24, 2.45) is 0 Å². The van der Waals surface area contributed by atoms with Crippen LogP contribution >= 0.6 is 0 Å². The van der Waals surface area contributed by atoms with E-state index in [2.05, 4.69) is 38.2 Å². The lowest BCUT2D eigenvalue weighted by Crippen LogP contribution is -2.47. The van der Waals surface area contributed by atoms with Gasteiger partial charge in [-0.05, 0) is 65.1 Å². The highest BCUT2D eigenvalue weighted by molar-refractivity contribution is 5.22. The van der Waals surface area contributed by atoms with E-state index in [1.807, 2.05) is 18.2 Å². The van der Waals surface area contributed by atoms with Gasteiger partial charge in [0, 0.05) is 5.54 Å². The van der Waals surface area contributed by atoms with Crippen molar-refractivity contribution >= 4 is 0 Å². The van der Waals surface area contributed by atoms with Crippen molar-refractivity contribution in [1.29, 1.82) is 0 Å². The van der Waals surface area contributed by atoms with Crippen LogP contribution in [0, 0.1) is 0 Å². The van der Waals surface area contributed by atoms with E-state index in [1.54, 1.807) is 0 Å². The monoisotopic (exact) mass is 247 g/mol. The van der Waals surface area contributed by atoms with Gasteiger partial charge in [-0.2, -0.15) is 0 Å². The number of benzene rings is 1. The molecule has 1 aromatic carbocycles. The molecule has 0 aliphatic heterocycles. The summed E-state index contributed by atoms with van der Waals surface area (Å²) in [5.74, 6) is 1.01. The SMILES string of the molecule is CC(C)(C)NCCC1(Oc2ccccc2)CCC1. The number of rotatable bonds is 5. The van der Waals surface area contributed by atoms with E-state index < -0.39 is 0 Å². The van der Waals surface area contributed by atoms with Gasteiger partial charge in [-0.25, -0.2) is 0 Å². The first-order valence-electron chi connectivity index (χ1n) is 6.98. The van der Waals surface area contributed by atoms with Crippen molar-refractivity contribution in [3.05, 3.63) is 30.3 Å². The molecular formula is C16H25NO. The second-order valence-electron chi connectivity index (χ2n) is 6.38. The van der Waals surface area contributed by atoms with E-state index in [-0.39, 0.29) is 11.1 Å². The third kappa shape index (κ3) is 3.74. The largest absolute Gasteiger partial charge is 0.487 e. The van der Waals surface area contributed by atoms with Gasteiger partial charge in [0.05, 0.1) is 0 Å².